The molecule has 1 saturated heterocycles. The Hall–Kier alpha value is -0.570. The van der Waals surface area contributed by atoms with E-state index in [1.807, 2.05) is 6.92 Å². The van der Waals surface area contributed by atoms with Gasteiger partial charge in [0.2, 0.25) is 0 Å². The zero-order valence-electron chi connectivity index (χ0n) is 12.0. The zero-order valence-corrected chi connectivity index (χ0v) is 12.0. The van der Waals surface area contributed by atoms with Crippen LogP contribution in [0.4, 0.5) is 0 Å². The first-order chi connectivity index (χ1) is 9.24. The van der Waals surface area contributed by atoms with Crippen LogP contribution in [0.25, 0.3) is 0 Å². The molecule has 1 saturated carbocycles. The van der Waals surface area contributed by atoms with Crippen LogP contribution < -0.4 is 0 Å². The van der Waals surface area contributed by atoms with Gasteiger partial charge in [-0.05, 0) is 51.4 Å². The van der Waals surface area contributed by atoms with Crippen molar-refractivity contribution >= 4 is 5.97 Å². The maximum atomic E-state index is 11.9. The molecular weight excluding hydrogens is 240 g/mol. The molecule has 2 aliphatic rings. The summed E-state index contributed by atoms with van der Waals surface area (Å²) in [5.41, 5.74) is 0. The van der Waals surface area contributed by atoms with Gasteiger partial charge in [0.05, 0.1) is 18.6 Å². The molecule has 0 amide bonds. The third-order valence-corrected chi connectivity index (χ3v) is 4.32. The van der Waals surface area contributed by atoms with E-state index in [4.69, 9.17) is 9.47 Å². The van der Waals surface area contributed by atoms with Gasteiger partial charge in [0.1, 0.15) is 6.10 Å². The number of fused-ring (bicyclic) bond motifs is 2. The van der Waals surface area contributed by atoms with Gasteiger partial charge in [0.25, 0.3) is 0 Å². The Kier molecular flexibility index (Phi) is 5.68. The molecule has 2 fully saturated rings. The van der Waals surface area contributed by atoms with Crippen LogP contribution in [-0.2, 0) is 14.3 Å². The minimum Gasteiger partial charge on any atom is -0.466 e. The van der Waals surface area contributed by atoms with Crippen molar-refractivity contribution < 1.29 is 14.3 Å². The van der Waals surface area contributed by atoms with Gasteiger partial charge in [-0.25, -0.2) is 0 Å². The van der Waals surface area contributed by atoms with Crippen LogP contribution in [0.15, 0.2) is 0 Å². The summed E-state index contributed by atoms with van der Waals surface area (Å²) in [7, 11) is 0. The van der Waals surface area contributed by atoms with E-state index in [0.717, 1.165) is 32.1 Å². The molecule has 0 aromatic rings. The van der Waals surface area contributed by atoms with E-state index in [1.165, 1.54) is 25.4 Å². The lowest BCUT2D eigenvalue weighted by molar-refractivity contribution is -0.148. The summed E-state index contributed by atoms with van der Waals surface area (Å²) in [4.78, 5) is 11.9. The van der Waals surface area contributed by atoms with Crippen molar-refractivity contribution in [2.45, 2.75) is 64.4 Å². The lowest BCUT2D eigenvalue weighted by Gasteiger charge is -2.23. The molecule has 2 radical (unpaired) electrons. The van der Waals surface area contributed by atoms with Gasteiger partial charge in [0, 0.05) is 0 Å². The van der Waals surface area contributed by atoms with Crippen LogP contribution in [-0.4, -0.2) is 18.7 Å². The first-order valence-electron chi connectivity index (χ1n) is 7.72. The topological polar surface area (TPSA) is 35.5 Å². The summed E-state index contributed by atoms with van der Waals surface area (Å²) in [6.45, 7) is 6.18. The second-order valence-corrected chi connectivity index (χ2v) is 5.70. The van der Waals surface area contributed by atoms with Crippen molar-refractivity contribution in [2.24, 2.45) is 11.8 Å². The van der Waals surface area contributed by atoms with Crippen molar-refractivity contribution in [2.75, 3.05) is 6.61 Å². The second kappa shape index (κ2) is 7.28. The number of ether oxygens (including phenoxy) is 2. The molecular formula is C16H26O3. The summed E-state index contributed by atoms with van der Waals surface area (Å²) >= 11 is 0. The minimum atomic E-state index is -0.0419. The molecule has 1 heterocycles. The minimum absolute atomic E-state index is 0.0249. The van der Waals surface area contributed by atoms with Gasteiger partial charge >= 0.3 is 5.97 Å². The number of esters is 1. The van der Waals surface area contributed by atoms with Crippen molar-refractivity contribution in [3.63, 3.8) is 0 Å². The molecule has 2 rings (SSSR count). The number of rotatable bonds is 8. The predicted octanol–water partition coefficient (Wildman–Crippen LogP) is 3.68. The SMILES string of the molecule is [CH2]CCCC(CC[C]1OC2CCC1C2)C(=O)OCC. The van der Waals surface area contributed by atoms with Crippen LogP contribution >= 0.6 is 0 Å². The molecule has 0 aromatic heterocycles. The number of unbranched alkanes of at least 4 members (excludes halogenated alkanes) is 1. The van der Waals surface area contributed by atoms with Gasteiger partial charge in [-0.15, -0.1) is 0 Å². The summed E-state index contributed by atoms with van der Waals surface area (Å²) in [6, 6.07) is 0. The maximum Gasteiger partial charge on any atom is 0.308 e. The van der Waals surface area contributed by atoms with Gasteiger partial charge in [-0.2, -0.15) is 0 Å². The number of carbonyl (C=O) groups is 1. The summed E-state index contributed by atoms with van der Waals surface area (Å²) in [5.74, 6) is 0.650. The molecule has 0 spiro atoms. The Balaban J connectivity index is 1.76. The first-order valence-corrected chi connectivity index (χ1v) is 7.72. The Morgan fingerprint density at radius 1 is 1.47 bits per heavy atom. The Bertz CT molecular complexity index is 290. The molecule has 3 unspecified atom stereocenters. The fraction of sp³-hybridized carbons (Fsp3) is 0.812. The van der Waals surface area contributed by atoms with Crippen LogP contribution in [0.2, 0.25) is 0 Å². The monoisotopic (exact) mass is 266 g/mol. The fourth-order valence-corrected chi connectivity index (χ4v) is 3.26. The van der Waals surface area contributed by atoms with Crippen molar-refractivity contribution in [3.8, 4) is 0 Å². The molecule has 0 N–H and O–H groups in total. The number of carbonyl (C=O) groups excluding carboxylic acids is 1. The van der Waals surface area contributed by atoms with Crippen molar-refractivity contribution in [3.05, 3.63) is 13.0 Å². The average Bonchev–Trinajstić information content (AvgIpc) is 3.01. The van der Waals surface area contributed by atoms with Crippen LogP contribution in [0.3, 0.4) is 0 Å². The molecule has 3 atom stereocenters. The number of hydrogen-bond donors (Lipinski definition) is 0. The highest BCUT2D eigenvalue weighted by molar-refractivity contribution is 5.72. The van der Waals surface area contributed by atoms with E-state index >= 15 is 0 Å². The Labute approximate surface area is 117 Å². The van der Waals surface area contributed by atoms with E-state index in [0.29, 0.717) is 18.6 Å². The fourth-order valence-electron chi connectivity index (χ4n) is 3.26. The lowest BCUT2D eigenvalue weighted by atomic mass is 9.91. The normalized spacial score (nSPS) is 27.7. The molecule has 3 nitrogen and oxygen atoms in total. The molecule has 0 aromatic carbocycles. The summed E-state index contributed by atoms with van der Waals surface area (Å²) in [6.07, 6.45) is 10.0. The lowest BCUT2D eigenvalue weighted by Crippen LogP contribution is -2.20. The van der Waals surface area contributed by atoms with Crippen molar-refractivity contribution in [1.29, 1.82) is 0 Å². The van der Waals surface area contributed by atoms with Crippen molar-refractivity contribution in [1.82, 2.24) is 0 Å². The smallest absolute Gasteiger partial charge is 0.308 e. The third kappa shape index (κ3) is 3.95. The standard InChI is InChI=1S/C16H26O3/c1-3-5-6-12(16(17)18-4-2)8-10-15-13-7-9-14(11-13)19-15/h12-14H,1,3-11H2,2H3. The molecule has 19 heavy (non-hydrogen) atoms. The highest BCUT2D eigenvalue weighted by Crippen LogP contribution is 2.46. The average molecular weight is 266 g/mol. The van der Waals surface area contributed by atoms with E-state index < -0.39 is 0 Å². The van der Waals surface area contributed by atoms with Crippen LogP contribution in [0, 0.1) is 24.9 Å². The largest absolute Gasteiger partial charge is 0.466 e. The van der Waals surface area contributed by atoms with Gasteiger partial charge in [0.15, 0.2) is 0 Å². The predicted molar refractivity (Wildman–Crippen MR) is 74.0 cm³/mol. The molecule has 3 heteroatoms. The third-order valence-electron chi connectivity index (χ3n) is 4.32. The highest BCUT2D eigenvalue weighted by atomic mass is 16.5. The molecule has 1 aliphatic heterocycles. The molecule has 1 aliphatic carbocycles. The van der Waals surface area contributed by atoms with Gasteiger partial charge < -0.3 is 9.47 Å². The highest BCUT2D eigenvalue weighted by Gasteiger charge is 2.41. The summed E-state index contributed by atoms with van der Waals surface area (Å²) < 4.78 is 11.1. The number of hydrogen-bond acceptors (Lipinski definition) is 3. The van der Waals surface area contributed by atoms with E-state index in [2.05, 4.69) is 6.92 Å². The Morgan fingerprint density at radius 3 is 2.89 bits per heavy atom. The van der Waals surface area contributed by atoms with E-state index in [9.17, 15) is 4.79 Å². The summed E-state index contributed by atoms with van der Waals surface area (Å²) in [5, 5.41) is 0. The van der Waals surface area contributed by atoms with Crippen LogP contribution in [0.1, 0.15) is 58.3 Å². The first kappa shape index (κ1) is 14.8. The maximum absolute atomic E-state index is 11.9. The van der Waals surface area contributed by atoms with Gasteiger partial charge in [-0.3, -0.25) is 4.79 Å². The quantitative estimate of drug-likeness (QED) is 0.629. The second-order valence-electron chi connectivity index (χ2n) is 5.70. The van der Waals surface area contributed by atoms with Crippen LogP contribution in [0.5, 0.6) is 0 Å². The molecule has 108 valence electrons. The zero-order chi connectivity index (χ0) is 13.7. The molecule has 2 bridgehead atoms. The van der Waals surface area contributed by atoms with E-state index in [1.54, 1.807) is 0 Å². The Morgan fingerprint density at radius 2 is 2.32 bits per heavy atom. The van der Waals surface area contributed by atoms with E-state index in [-0.39, 0.29) is 11.9 Å². The van der Waals surface area contributed by atoms with Gasteiger partial charge in [-0.1, -0.05) is 19.8 Å².